The van der Waals surface area contributed by atoms with Crippen molar-refractivity contribution in [1.82, 2.24) is 5.32 Å². The van der Waals surface area contributed by atoms with E-state index in [9.17, 15) is 14.4 Å². The van der Waals surface area contributed by atoms with Gasteiger partial charge in [-0.2, -0.15) is 0 Å². The Hall–Kier alpha value is -1.88. The van der Waals surface area contributed by atoms with Gasteiger partial charge in [-0.05, 0) is 30.5 Å². The molecule has 0 radical (unpaired) electrons. The summed E-state index contributed by atoms with van der Waals surface area (Å²) >= 11 is 6.10. The van der Waals surface area contributed by atoms with Crippen molar-refractivity contribution in [3.8, 4) is 0 Å². The summed E-state index contributed by atoms with van der Waals surface area (Å²) in [4.78, 5) is 37.0. The molecule has 20 heavy (non-hydrogen) atoms. The van der Waals surface area contributed by atoms with Crippen LogP contribution in [0.4, 0.5) is 10.5 Å². The van der Waals surface area contributed by atoms with Gasteiger partial charge < -0.3 is 0 Å². The predicted octanol–water partition coefficient (Wildman–Crippen LogP) is 2.50. The molecule has 1 aromatic carbocycles. The first-order valence-corrected chi connectivity index (χ1v) is 6.65. The van der Waals surface area contributed by atoms with Crippen LogP contribution in [0, 0.1) is 18.8 Å². The van der Waals surface area contributed by atoms with Crippen molar-refractivity contribution in [2.24, 2.45) is 11.8 Å². The van der Waals surface area contributed by atoms with Crippen LogP contribution in [0.25, 0.3) is 0 Å². The monoisotopic (exact) mass is 294 g/mol. The number of urea groups is 1. The van der Waals surface area contributed by atoms with E-state index >= 15 is 0 Å². The van der Waals surface area contributed by atoms with Gasteiger partial charge in [0.25, 0.3) is 0 Å². The molecule has 1 aliphatic heterocycles. The van der Waals surface area contributed by atoms with Crippen molar-refractivity contribution in [1.29, 1.82) is 0 Å². The van der Waals surface area contributed by atoms with Crippen LogP contribution in [0.5, 0.6) is 0 Å². The molecule has 5 nitrogen and oxygen atoms in total. The highest BCUT2D eigenvalue weighted by Crippen LogP contribution is 2.31. The van der Waals surface area contributed by atoms with Crippen LogP contribution in [0.3, 0.4) is 0 Å². The van der Waals surface area contributed by atoms with Gasteiger partial charge in [-0.1, -0.05) is 31.5 Å². The first-order valence-electron chi connectivity index (χ1n) is 6.28. The number of carbonyl (C=O) groups excluding carboxylic acids is 3. The minimum Gasteiger partial charge on any atom is -0.277 e. The zero-order valence-corrected chi connectivity index (χ0v) is 12.2. The van der Waals surface area contributed by atoms with Crippen LogP contribution in [-0.2, 0) is 9.59 Å². The third-order valence-electron chi connectivity index (χ3n) is 3.21. The molecule has 1 aliphatic rings. The maximum Gasteiger partial charge on any atom is 0.335 e. The first-order chi connectivity index (χ1) is 9.32. The van der Waals surface area contributed by atoms with E-state index in [1.807, 2.05) is 6.92 Å². The Balaban J connectivity index is 2.46. The topological polar surface area (TPSA) is 66.5 Å². The average molecular weight is 295 g/mol. The highest BCUT2D eigenvalue weighted by Gasteiger charge is 2.43. The number of benzene rings is 1. The molecule has 1 heterocycles. The number of aryl methyl sites for hydroxylation is 1. The molecule has 4 amide bonds. The molecule has 6 heteroatoms. The van der Waals surface area contributed by atoms with Gasteiger partial charge in [-0.3, -0.25) is 14.9 Å². The smallest absolute Gasteiger partial charge is 0.277 e. The van der Waals surface area contributed by atoms with Gasteiger partial charge in [0.1, 0.15) is 5.92 Å². The molecule has 0 saturated carbocycles. The second kappa shape index (κ2) is 5.25. The molecule has 0 spiro atoms. The standard InChI is InChI=1S/C14H15ClN2O3/c1-7(2)11-12(18)16-14(20)17(13(11)19)10-5-4-8(3)6-9(10)15/h4-7,11H,1-3H3,(H,16,18,20). The van der Waals surface area contributed by atoms with E-state index in [0.29, 0.717) is 5.02 Å². The number of hydrogen-bond acceptors (Lipinski definition) is 3. The summed E-state index contributed by atoms with van der Waals surface area (Å²) in [6.45, 7) is 5.37. The summed E-state index contributed by atoms with van der Waals surface area (Å²) in [5.41, 5.74) is 1.21. The summed E-state index contributed by atoms with van der Waals surface area (Å²) in [6.07, 6.45) is 0. The largest absolute Gasteiger partial charge is 0.335 e. The van der Waals surface area contributed by atoms with E-state index in [1.165, 1.54) is 0 Å². The lowest BCUT2D eigenvalue weighted by atomic mass is 9.92. The Labute approximate surface area is 121 Å². The molecule has 106 valence electrons. The van der Waals surface area contributed by atoms with Crippen molar-refractivity contribution in [2.75, 3.05) is 4.90 Å². The minimum absolute atomic E-state index is 0.206. The molecule has 0 bridgehead atoms. The van der Waals surface area contributed by atoms with Crippen LogP contribution >= 0.6 is 11.6 Å². The van der Waals surface area contributed by atoms with E-state index in [0.717, 1.165) is 10.5 Å². The Morgan fingerprint density at radius 3 is 2.45 bits per heavy atom. The number of barbiturate groups is 1. The number of imide groups is 2. The second-order valence-corrected chi connectivity index (χ2v) is 5.55. The van der Waals surface area contributed by atoms with Crippen molar-refractivity contribution in [2.45, 2.75) is 20.8 Å². The van der Waals surface area contributed by atoms with Gasteiger partial charge in [0.2, 0.25) is 11.8 Å². The zero-order chi connectivity index (χ0) is 15.0. The molecule has 0 aromatic heterocycles. The van der Waals surface area contributed by atoms with Crippen LogP contribution in [0.2, 0.25) is 5.02 Å². The Bertz CT molecular complexity index is 598. The summed E-state index contributed by atoms with van der Waals surface area (Å²) in [5.74, 6) is -2.19. The fourth-order valence-corrected chi connectivity index (χ4v) is 2.52. The molecule has 1 atom stereocenters. The second-order valence-electron chi connectivity index (χ2n) is 5.14. The van der Waals surface area contributed by atoms with Gasteiger partial charge in [0.15, 0.2) is 0 Å². The lowest BCUT2D eigenvalue weighted by Crippen LogP contribution is -2.59. The van der Waals surface area contributed by atoms with Gasteiger partial charge in [0.05, 0.1) is 10.7 Å². The predicted molar refractivity (Wildman–Crippen MR) is 75.5 cm³/mol. The minimum atomic E-state index is -0.884. The molecule has 2 rings (SSSR count). The third-order valence-corrected chi connectivity index (χ3v) is 3.52. The van der Waals surface area contributed by atoms with E-state index in [2.05, 4.69) is 5.32 Å². The molecule has 1 unspecified atom stereocenters. The number of hydrogen-bond donors (Lipinski definition) is 1. The summed E-state index contributed by atoms with van der Waals surface area (Å²) in [7, 11) is 0. The van der Waals surface area contributed by atoms with Crippen molar-refractivity contribution >= 4 is 35.1 Å². The number of nitrogens with zero attached hydrogens (tertiary/aromatic N) is 1. The van der Waals surface area contributed by atoms with E-state index in [4.69, 9.17) is 11.6 Å². The van der Waals surface area contributed by atoms with Crippen LogP contribution < -0.4 is 10.2 Å². The van der Waals surface area contributed by atoms with Gasteiger partial charge in [0, 0.05) is 0 Å². The van der Waals surface area contributed by atoms with Gasteiger partial charge in [-0.15, -0.1) is 0 Å². The molecular weight excluding hydrogens is 280 g/mol. The Kier molecular flexibility index (Phi) is 3.81. The summed E-state index contributed by atoms with van der Waals surface area (Å²) < 4.78 is 0. The molecule has 1 fully saturated rings. The molecule has 1 saturated heterocycles. The number of rotatable bonds is 2. The molecule has 1 aromatic rings. The van der Waals surface area contributed by atoms with Crippen molar-refractivity contribution < 1.29 is 14.4 Å². The van der Waals surface area contributed by atoms with Crippen LogP contribution in [0.15, 0.2) is 18.2 Å². The lowest BCUT2D eigenvalue weighted by Gasteiger charge is -2.32. The highest BCUT2D eigenvalue weighted by molar-refractivity contribution is 6.36. The fraction of sp³-hybridized carbons (Fsp3) is 0.357. The normalized spacial score (nSPS) is 19.6. The Morgan fingerprint density at radius 1 is 1.25 bits per heavy atom. The summed E-state index contributed by atoms with van der Waals surface area (Å²) in [5, 5.41) is 2.50. The maximum atomic E-state index is 12.4. The summed E-state index contributed by atoms with van der Waals surface area (Å²) in [6, 6.07) is 4.26. The van der Waals surface area contributed by atoms with Crippen LogP contribution in [0.1, 0.15) is 19.4 Å². The van der Waals surface area contributed by atoms with Gasteiger partial charge >= 0.3 is 6.03 Å². The molecular formula is C14H15ClN2O3. The number of carbonyl (C=O) groups is 3. The van der Waals surface area contributed by atoms with Crippen LogP contribution in [-0.4, -0.2) is 17.8 Å². The third kappa shape index (κ3) is 2.41. The lowest BCUT2D eigenvalue weighted by molar-refractivity contribution is -0.136. The van der Waals surface area contributed by atoms with E-state index in [-0.39, 0.29) is 11.6 Å². The number of anilines is 1. The quantitative estimate of drug-likeness (QED) is 0.852. The average Bonchev–Trinajstić information content (AvgIpc) is 2.30. The van der Waals surface area contributed by atoms with Crippen molar-refractivity contribution in [3.05, 3.63) is 28.8 Å². The zero-order valence-electron chi connectivity index (χ0n) is 11.4. The fourth-order valence-electron chi connectivity index (χ4n) is 2.20. The molecule has 1 N–H and O–H groups in total. The van der Waals surface area contributed by atoms with Crippen molar-refractivity contribution in [3.63, 3.8) is 0 Å². The Morgan fingerprint density at radius 2 is 1.90 bits per heavy atom. The maximum absolute atomic E-state index is 12.4. The number of nitrogens with one attached hydrogen (secondary N) is 1. The molecule has 0 aliphatic carbocycles. The SMILES string of the molecule is Cc1ccc(N2C(=O)NC(=O)C(C(C)C)C2=O)c(Cl)c1. The number of halogens is 1. The van der Waals surface area contributed by atoms with E-state index < -0.39 is 23.8 Å². The number of amides is 4. The first kappa shape index (κ1) is 14.5. The highest BCUT2D eigenvalue weighted by atomic mass is 35.5. The van der Waals surface area contributed by atoms with E-state index in [1.54, 1.807) is 32.0 Å². The van der Waals surface area contributed by atoms with Gasteiger partial charge in [-0.25, -0.2) is 9.69 Å².